The Morgan fingerprint density at radius 3 is 2.90 bits per heavy atom. The van der Waals surface area contributed by atoms with Crippen molar-refractivity contribution in [2.45, 2.75) is 25.4 Å². The molecule has 0 saturated heterocycles. The van der Waals surface area contributed by atoms with Gasteiger partial charge in [-0.15, -0.1) is 0 Å². The summed E-state index contributed by atoms with van der Waals surface area (Å²) in [4.78, 5) is 18.0. The van der Waals surface area contributed by atoms with Gasteiger partial charge in [0.25, 0.3) is 0 Å². The van der Waals surface area contributed by atoms with E-state index in [9.17, 15) is 4.79 Å². The van der Waals surface area contributed by atoms with Crippen LogP contribution in [-0.4, -0.2) is 50.8 Å². The van der Waals surface area contributed by atoms with Gasteiger partial charge in [0.15, 0.2) is 0 Å². The van der Waals surface area contributed by atoms with Crippen LogP contribution in [0.5, 0.6) is 0 Å². The van der Waals surface area contributed by atoms with E-state index in [1.165, 1.54) is 0 Å². The highest BCUT2D eigenvalue weighted by Gasteiger charge is 2.23. The minimum Gasteiger partial charge on any atom is -0.383 e. The fourth-order valence-electron chi connectivity index (χ4n) is 1.95. The van der Waals surface area contributed by atoms with Crippen LogP contribution in [0.2, 0.25) is 0 Å². The van der Waals surface area contributed by atoms with Crippen molar-refractivity contribution in [1.82, 2.24) is 15.6 Å². The Hall–Kier alpha value is -1.66. The lowest BCUT2D eigenvalue weighted by atomic mass is 10.2. The van der Waals surface area contributed by atoms with Gasteiger partial charge in [-0.25, -0.2) is 4.98 Å². The van der Waals surface area contributed by atoms with Crippen LogP contribution >= 0.6 is 0 Å². The standard InChI is InChI=1S/C15H24N4O2/c1-19(11-15(20)18-13-4-5-13)14-6-3-12(10-17-14)9-16-7-8-21-2/h3,6,10,13,16H,4-5,7-9,11H2,1-2H3,(H,18,20). The Morgan fingerprint density at radius 2 is 2.29 bits per heavy atom. The first-order valence-corrected chi connectivity index (χ1v) is 7.34. The quantitative estimate of drug-likeness (QED) is 0.650. The van der Waals surface area contributed by atoms with Gasteiger partial charge in [-0.05, 0) is 24.5 Å². The van der Waals surface area contributed by atoms with Gasteiger partial charge in [0.05, 0.1) is 13.2 Å². The van der Waals surface area contributed by atoms with E-state index >= 15 is 0 Å². The molecular weight excluding hydrogens is 268 g/mol. The normalized spacial score (nSPS) is 14.0. The molecule has 0 aliphatic heterocycles. The molecule has 1 aliphatic carbocycles. The summed E-state index contributed by atoms with van der Waals surface area (Å²) in [5.74, 6) is 0.869. The highest BCUT2D eigenvalue weighted by molar-refractivity contribution is 5.81. The number of carbonyl (C=O) groups is 1. The number of nitrogens with one attached hydrogen (secondary N) is 2. The topological polar surface area (TPSA) is 66.5 Å². The molecular formula is C15H24N4O2. The van der Waals surface area contributed by atoms with E-state index in [1.54, 1.807) is 7.11 Å². The number of carbonyl (C=O) groups excluding carboxylic acids is 1. The lowest BCUT2D eigenvalue weighted by Crippen LogP contribution is -2.36. The van der Waals surface area contributed by atoms with Crippen LogP contribution in [-0.2, 0) is 16.1 Å². The molecule has 1 saturated carbocycles. The second-order valence-electron chi connectivity index (χ2n) is 5.39. The van der Waals surface area contributed by atoms with E-state index in [1.807, 2.05) is 30.3 Å². The van der Waals surface area contributed by atoms with Crippen molar-refractivity contribution in [2.24, 2.45) is 0 Å². The number of nitrogens with zero attached hydrogens (tertiary/aromatic N) is 2. The van der Waals surface area contributed by atoms with Crippen LogP contribution in [0.3, 0.4) is 0 Å². The SMILES string of the molecule is COCCNCc1ccc(N(C)CC(=O)NC2CC2)nc1. The van der Waals surface area contributed by atoms with Gasteiger partial charge in [0.2, 0.25) is 5.91 Å². The number of rotatable bonds is 9. The molecule has 0 atom stereocenters. The molecule has 6 heteroatoms. The average molecular weight is 292 g/mol. The van der Waals surface area contributed by atoms with E-state index in [-0.39, 0.29) is 5.91 Å². The molecule has 21 heavy (non-hydrogen) atoms. The molecule has 0 spiro atoms. The van der Waals surface area contributed by atoms with Crippen molar-refractivity contribution in [3.8, 4) is 0 Å². The summed E-state index contributed by atoms with van der Waals surface area (Å²) in [6, 6.07) is 4.37. The zero-order valence-corrected chi connectivity index (χ0v) is 12.8. The van der Waals surface area contributed by atoms with Crippen molar-refractivity contribution >= 4 is 11.7 Å². The molecule has 2 rings (SSSR count). The number of likely N-dealkylation sites (N-methyl/N-ethyl adjacent to an activating group) is 1. The lowest BCUT2D eigenvalue weighted by molar-refractivity contribution is -0.119. The van der Waals surface area contributed by atoms with E-state index in [0.717, 1.165) is 37.3 Å². The van der Waals surface area contributed by atoms with Gasteiger partial charge in [0, 0.05) is 39.5 Å². The van der Waals surface area contributed by atoms with Crippen molar-refractivity contribution in [3.05, 3.63) is 23.9 Å². The van der Waals surface area contributed by atoms with Crippen molar-refractivity contribution < 1.29 is 9.53 Å². The lowest BCUT2D eigenvalue weighted by Gasteiger charge is -2.17. The van der Waals surface area contributed by atoms with Crippen molar-refractivity contribution in [3.63, 3.8) is 0 Å². The Morgan fingerprint density at radius 1 is 1.48 bits per heavy atom. The molecule has 1 amide bonds. The van der Waals surface area contributed by atoms with Gasteiger partial charge in [0.1, 0.15) is 5.82 Å². The highest BCUT2D eigenvalue weighted by atomic mass is 16.5. The maximum atomic E-state index is 11.7. The molecule has 1 aromatic rings. The third-order valence-corrected chi connectivity index (χ3v) is 3.34. The molecule has 2 N–H and O–H groups in total. The van der Waals surface area contributed by atoms with E-state index in [2.05, 4.69) is 15.6 Å². The summed E-state index contributed by atoms with van der Waals surface area (Å²) < 4.78 is 4.98. The number of aromatic nitrogens is 1. The second-order valence-corrected chi connectivity index (χ2v) is 5.39. The van der Waals surface area contributed by atoms with Crippen molar-refractivity contribution in [2.75, 3.05) is 38.8 Å². The fourth-order valence-corrected chi connectivity index (χ4v) is 1.95. The van der Waals surface area contributed by atoms with E-state index in [0.29, 0.717) is 19.2 Å². The molecule has 1 aromatic heterocycles. The monoisotopic (exact) mass is 292 g/mol. The first-order chi connectivity index (χ1) is 10.2. The van der Waals surface area contributed by atoms with Crippen LogP contribution < -0.4 is 15.5 Å². The fraction of sp³-hybridized carbons (Fsp3) is 0.600. The minimum absolute atomic E-state index is 0.0621. The predicted octanol–water partition coefficient (Wildman–Crippen LogP) is 0.532. The van der Waals surface area contributed by atoms with Crippen molar-refractivity contribution in [1.29, 1.82) is 0 Å². The molecule has 0 unspecified atom stereocenters. The Kier molecular flexibility index (Phi) is 5.95. The average Bonchev–Trinajstić information content (AvgIpc) is 3.28. The number of amides is 1. The predicted molar refractivity (Wildman–Crippen MR) is 82.3 cm³/mol. The van der Waals surface area contributed by atoms with Gasteiger partial charge >= 0.3 is 0 Å². The van der Waals surface area contributed by atoms with Gasteiger partial charge in [-0.3, -0.25) is 4.79 Å². The number of anilines is 1. The Balaban J connectivity index is 1.75. The summed E-state index contributed by atoms with van der Waals surface area (Å²) >= 11 is 0. The van der Waals surface area contributed by atoms with E-state index in [4.69, 9.17) is 4.74 Å². The minimum atomic E-state index is 0.0621. The van der Waals surface area contributed by atoms with Crippen LogP contribution in [0.25, 0.3) is 0 Å². The van der Waals surface area contributed by atoms with Gasteiger partial charge in [-0.2, -0.15) is 0 Å². The molecule has 1 aliphatic rings. The molecule has 0 radical (unpaired) electrons. The van der Waals surface area contributed by atoms with Crippen LogP contribution in [0.1, 0.15) is 18.4 Å². The summed E-state index contributed by atoms with van der Waals surface area (Å²) in [6.07, 6.45) is 4.06. The third kappa shape index (κ3) is 5.69. The number of ether oxygens (including phenoxy) is 1. The highest BCUT2D eigenvalue weighted by Crippen LogP contribution is 2.18. The smallest absolute Gasteiger partial charge is 0.239 e. The summed E-state index contributed by atoms with van der Waals surface area (Å²) in [5.41, 5.74) is 1.12. The summed E-state index contributed by atoms with van der Waals surface area (Å²) in [5, 5.41) is 6.24. The summed E-state index contributed by atoms with van der Waals surface area (Å²) in [6.45, 7) is 2.63. The second kappa shape index (κ2) is 7.95. The van der Waals surface area contributed by atoms with Gasteiger partial charge in [-0.1, -0.05) is 6.07 Å². The molecule has 6 nitrogen and oxygen atoms in total. The molecule has 1 heterocycles. The largest absolute Gasteiger partial charge is 0.383 e. The Labute approximate surface area is 125 Å². The maximum absolute atomic E-state index is 11.7. The Bertz CT molecular complexity index is 445. The first-order valence-electron chi connectivity index (χ1n) is 7.34. The number of pyridine rings is 1. The number of hydrogen-bond donors (Lipinski definition) is 2. The van der Waals surface area contributed by atoms with E-state index < -0.39 is 0 Å². The molecule has 0 bridgehead atoms. The third-order valence-electron chi connectivity index (χ3n) is 3.34. The number of hydrogen-bond acceptors (Lipinski definition) is 5. The van der Waals surface area contributed by atoms with Crippen LogP contribution in [0.4, 0.5) is 5.82 Å². The van der Waals surface area contributed by atoms with Crippen LogP contribution in [0, 0.1) is 0 Å². The first kappa shape index (κ1) is 15.7. The summed E-state index contributed by atoms with van der Waals surface area (Å²) in [7, 11) is 3.57. The zero-order chi connectivity index (χ0) is 15.1. The molecule has 0 aromatic carbocycles. The van der Waals surface area contributed by atoms with Crippen LogP contribution in [0.15, 0.2) is 18.3 Å². The number of methoxy groups -OCH3 is 1. The van der Waals surface area contributed by atoms with Gasteiger partial charge < -0.3 is 20.3 Å². The zero-order valence-electron chi connectivity index (χ0n) is 12.8. The molecule has 1 fully saturated rings. The maximum Gasteiger partial charge on any atom is 0.239 e. The molecule has 116 valence electrons.